The maximum atomic E-state index is 12.8. The van der Waals surface area contributed by atoms with Gasteiger partial charge >= 0.3 is 0 Å². The van der Waals surface area contributed by atoms with Gasteiger partial charge in [0.05, 0.1) is 11.1 Å². The van der Waals surface area contributed by atoms with Crippen molar-refractivity contribution in [3.63, 3.8) is 0 Å². The fourth-order valence-electron chi connectivity index (χ4n) is 3.43. The summed E-state index contributed by atoms with van der Waals surface area (Å²) in [4.78, 5) is 24.7. The summed E-state index contributed by atoms with van der Waals surface area (Å²) in [5.41, 5.74) is 2.28. The Bertz CT molecular complexity index is 999. The molecule has 0 amide bonds. The monoisotopic (exact) mass is 368 g/mol. The highest BCUT2D eigenvalue weighted by Crippen LogP contribution is 2.38. The van der Waals surface area contributed by atoms with Crippen LogP contribution in [-0.4, -0.2) is 32.0 Å². The van der Waals surface area contributed by atoms with Gasteiger partial charge in [0.1, 0.15) is 12.0 Å². The first-order valence-electron chi connectivity index (χ1n) is 8.72. The Morgan fingerprint density at radius 3 is 3.04 bits per heavy atom. The van der Waals surface area contributed by atoms with Gasteiger partial charge in [0, 0.05) is 29.7 Å². The minimum Gasteiger partial charge on any atom is -0.374 e. The molecule has 1 aliphatic rings. The van der Waals surface area contributed by atoms with E-state index in [-0.39, 0.29) is 11.5 Å². The van der Waals surface area contributed by atoms with Crippen molar-refractivity contribution in [3.8, 4) is 0 Å². The number of aliphatic hydroxyl groups is 1. The van der Waals surface area contributed by atoms with Crippen LogP contribution < -0.4 is 10.9 Å². The first-order chi connectivity index (χ1) is 12.7. The number of fused-ring (bicyclic) bond motifs is 2. The molecule has 2 unspecified atom stereocenters. The zero-order valence-electron chi connectivity index (χ0n) is 14.4. The molecule has 3 heterocycles. The molecule has 0 saturated carbocycles. The van der Waals surface area contributed by atoms with Crippen LogP contribution in [-0.2, 0) is 0 Å². The molecule has 0 bridgehead atoms. The molecule has 1 aliphatic heterocycles. The molecule has 2 aromatic heterocycles. The summed E-state index contributed by atoms with van der Waals surface area (Å²) in [6.07, 6.45) is 2.40. The number of hydrogen-bond donors (Lipinski definition) is 3. The van der Waals surface area contributed by atoms with Gasteiger partial charge in [-0.3, -0.25) is 9.78 Å². The van der Waals surface area contributed by atoms with Crippen LogP contribution in [0, 0.1) is 0 Å². The molecule has 7 heteroatoms. The van der Waals surface area contributed by atoms with Crippen molar-refractivity contribution >= 4 is 28.5 Å². The van der Waals surface area contributed by atoms with Crippen LogP contribution in [0.1, 0.15) is 36.8 Å². The standard InChI is InChI=1S/C19H20N4O2S/c1-2-9-26-19-22-17-16(18(25)23-19)13(10-15(24)21-17)11-5-3-7-14-12(11)6-4-8-20-14/h3-8,13,15,24H,2,9-10H2,1H3,(H2,21,22,23,25). The lowest BCUT2D eigenvalue weighted by Gasteiger charge is -2.29. The quantitative estimate of drug-likeness (QED) is 0.484. The van der Waals surface area contributed by atoms with Gasteiger partial charge in [-0.15, -0.1) is 0 Å². The van der Waals surface area contributed by atoms with Crippen LogP contribution >= 0.6 is 11.8 Å². The van der Waals surface area contributed by atoms with Gasteiger partial charge in [-0.25, -0.2) is 4.98 Å². The molecule has 0 radical (unpaired) electrons. The van der Waals surface area contributed by atoms with Gasteiger partial charge in [0.25, 0.3) is 5.56 Å². The molecule has 1 aromatic carbocycles. The molecule has 26 heavy (non-hydrogen) atoms. The number of rotatable bonds is 4. The van der Waals surface area contributed by atoms with E-state index in [2.05, 4.69) is 27.2 Å². The number of benzene rings is 1. The number of anilines is 1. The lowest BCUT2D eigenvalue weighted by atomic mass is 9.84. The van der Waals surface area contributed by atoms with E-state index in [0.717, 1.165) is 28.6 Å². The second-order valence-electron chi connectivity index (χ2n) is 6.35. The summed E-state index contributed by atoms with van der Waals surface area (Å²) >= 11 is 1.51. The molecule has 0 spiro atoms. The third-order valence-corrected chi connectivity index (χ3v) is 5.62. The first-order valence-corrected chi connectivity index (χ1v) is 9.71. The van der Waals surface area contributed by atoms with Crippen LogP contribution in [0.15, 0.2) is 46.5 Å². The second kappa shape index (κ2) is 7.09. The molecular weight excluding hydrogens is 348 g/mol. The van der Waals surface area contributed by atoms with E-state index >= 15 is 0 Å². The van der Waals surface area contributed by atoms with Crippen LogP contribution in [0.2, 0.25) is 0 Å². The van der Waals surface area contributed by atoms with Crippen molar-refractivity contribution in [1.82, 2.24) is 15.0 Å². The largest absolute Gasteiger partial charge is 0.374 e. The highest BCUT2D eigenvalue weighted by molar-refractivity contribution is 7.99. The van der Waals surface area contributed by atoms with Gasteiger partial charge < -0.3 is 15.4 Å². The average Bonchev–Trinajstić information content (AvgIpc) is 2.65. The Balaban J connectivity index is 1.86. The number of thioether (sulfide) groups is 1. The zero-order chi connectivity index (χ0) is 18.1. The molecule has 2 atom stereocenters. The van der Waals surface area contributed by atoms with Gasteiger partial charge in [-0.05, 0) is 24.1 Å². The zero-order valence-corrected chi connectivity index (χ0v) is 15.2. The van der Waals surface area contributed by atoms with E-state index < -0.39 is 6.23 Å². The van der Waals surface area contributed by atoms with Crippen molar-refractivity contribution in [2.75, 3.05) is 11.1 Å². The highest BCUT2D eigenvalue weighted by atomic mass is 32.2. The Morgan fingerprint density at radius 2 is 2.19 bits per heavy atom. The van der Waals surface area contributed by atoms with Gasteiger partial charge in [-0.1, -0.05) is 36.9 Å². The number of aromatic amines is 1. The normalized spacial score (nSPS) is 19.2. The lowest BCUT2D eigenvalue weighted by molar-refractivity contribution is 0.181. The SMILES string of the molecule is CCCSc1nc2c(c(=O)[nH]1)C(c1cccc3ncccc13)CC(O)N2. The van der Waals surface area contributed by atoms with Crippen LogP contribution in [0.4, 0.5) is 5.82 Å². The van der Waals surface area contributed by atoms with E-state index in [1.54, 1.807) is 6.20 Å². The van der Waals surface area contributed by atoms with Gasteiger partial charge in [0.15, 0.2) is 5.16 Å². The number of hydrogen-bond acceptors (Lipinski definition) is 6. The topological polar surface area (TPSA) is 90.9 Å². The molecule has 0 saturated heterocycles. The number of H-pyrrole nitrogens is 1. The summed E-state index contributed by atoms with van der Waals surface area (Å²) in [6, 6.07) is 9.77. The molecule has 0 aliphatic carbocycles. The predicted octanol–water partition coefficient (Wildman–Crippen LogP) is 3.09. The second-order valence-corrected chi connectivity index (χ2v) is 7.43. The molecule has 3 aromatic rings. The number of nitrogens with one attached hydrogen (secondary N) is 2. The number of nitrogens with zero attached hydrogens (tertiary/aromatic N) is 2. The Kier molecular flexibility index (Phi) is 4.65. The molecular formula is C19H20N4O2S. The molecule has 4 rings (SSSR count). The lowest BCUT2D eigenvalue weighted by Crippen LogP contribution is -2.34. The Hall–Kier alpha value is -2.38. The van der Waals surface area contributed by atoms with Crippen LogP contribution in [0.5, 0.6) is 0 Å². The van der Waals surface area contributed by atoms with Crippen molar-refractivity contribution in [3.05, 3.63) is 58.0 Å². The maximum Gasteiger partial charge on any atom is 0.257 e. The minimum atomic E-state index is -0.752. The third-order valence-electron chi connectivity index (χ3n) is 4.54. The van der Waals surface area contributed by atoms with E-state index in [0.29, 0.717) is 23.0 Å². The Labute approximate surface area is 155 Å². The fourth-order valence-corrected chi connectivity index (χ4v) is 4.15. The number of aliphatic hydroxyl groups excluding tert-OH is 1. The smallest absolute Gasteiger partial charge is 0.257 e. The van der Waals surface area contributed by atoms with Crippen molar-refractivity contribution < 1.29 is 5.11 Å². The highest BCUT2D eigenvalue weighted by Gasteiger charge is 2.31. The first kappa shape index (κ1) is 17.1. The van der Waals surface area contributed by atoms with Crippen molar-refractivity contribution in [1.29, 1.82) is 0 Å². The molecule has 0 fully saturated rings. The number of aromatic nitrogens is 3. The van der Waals surface area contributed by atoms with E-state index in [9.17, 15) is 9.90 Å². The van der Waals surface area contributed by atoms with Crippen molar-refractivity contribution in [2.45, 2.75) is 37.1 Å². The van der Waals surface area contributed by atoms with E-state index in [4.69, 9.17) is 0 Å². The summed E-state index contributed by atoms with van der Waals surface area (Å²) in [6.45, 7) is 2.08. The third kappa shape index (κ3) is 3.08. The molecule has 134 valence electrons. The van der Waals surface area contributed by atoms with Gasteiger partial charge in [0.2, 0.25) is 0 Å². The summed E-state index contributed by atoms with van der Waals surface area (Å²) in [5, 5.41) is 14.9. The van der Waals surface area contributed by atoms with Gasteiger partial charge in [-0.2, -0.15) is 0 Å². The van der Waals surface area contributed by atoms with E-state index in [1.807, 2.05) is 30.3 Å². The number of pyridine rings is 1. The Morgan fingerprint density at radius 1 is 1.31 bits per heavy atom. The predicted molar refractivity (Wildman–Crippen MR) is 104 cm³/mol. The van der Waals surface area contributed by atoms with Crippen LogP contribution in [0.3, 0.4) is 0 Å². The average molecular weight is 368 g/mol. The maximum absolute atomic E-state index is 12.8. The summed E-state index contributed by atoms with van der Waals surface area (Å²) in [5.74, 6) is 1.11. The summed E-state index contributed by atoms with van der Waals surface area (Å²) in [7, 11) is 0. The van der Waals surface area contributed by atoms with Crippen molar-refractivity contribution in [2.24, 2.45) is 0 Å². The summed E-state index contributed by atoms with van der Waals surface area (Å²) < 4.78 is 0. The minimum absolute atomic E-state index is 0.154. The van der Waals surface area contributed by atoms with Crippen LogP contribution in [0.25, 0.3) is 10.9 Å². The molecule has 6 nitrogen and oxygen atoms in total. The molecule has 3 N–H and O–H groups in total. The van der Waals surface area contributed by atoms with E-state index in [1.165, 1.54) is 11.8 Å². The fraction of sp³-hybridized carbons (Fsp3) is 0.316.